The van der Waals surface area contributed by atoms with E-state index in [9.17, 15) is 14.7 Å². The zero-order valence-corrected chi connectivity index (χ0v) is 19.7. The third-order valence-electron chi connectivity index (χ3n) is 5.01. The number of benzene rings is 2. The Labute approximate surface area is 191 Å². The molecule has 0 aliphatic carbocycles. The van der Waals surface area contributed by atoms with Crippen molar-refractivity contribution in [3.05, 3.63) is 69.7 Å². The zero-order valence-electron chi connectivity index (χ0n) is 18.1. The molecule has 6 nitrogen and oxygen atoms in total. The number of aliphatic hydroxyl groups excluding tert-OH is 1. The van der Waals surface area contributed by atoms with E-state index in [1.165, 1.54) is 4.90 Å². The molecule has 0 bridgehead atoms. The second-order valence-corrected chi connectivity index (χ2v) is 8.95. The number of hydrogen-bond acceptors (Lipinski definition) is 5. The van der Waals surface area contributed by atoms with Crippen LogP contribution in [-0.4, -0.2) is 59.9 Å². The Kier molecular flexibility index (Phi) is 7.18. The number of likely N-dealkylation sites (tertiary alicyclic amines) is 1. The summed E-state index contributed by atoms with van der Waals surface area (Å²) in [7, 11) is 3.82. The van der Waals surface area contributed by atoms with Gasteiger partial charge in [-0.1, -0.05) is 40.2 Å². The predicted molar refractivity (Wildman–Crippen MR) is 124 cm³/mol. The number of ketones is 1. The molecule has 3 rings (SSSR count). The van der Waals surface area contributed by atoms with E-state index in [1.54, 1.807) is 24.3 Å². The van der Waals surface area contributed by atoms with Crippen molar-refractivity contribution in [2.45, 2.75) is 26.0 Å². The smallest absolute Gasteiger partial charge is 0.295 e. The van der Waals surface area contributed by atoms with E-state index >= 15 is 0 Å². The SMILES string of the molecule is CC(C)Oc1ccc(C2C(=C(O)c3ccc(Br)cc3)C(=O)C(=O)N2CCN(C)C)cc1. The monoisotopic (exact) mass is 486 g/mol. The number of nitrogens with zero attached hydrogens (tertiary/aromatic N) is 2. The van der Waals surface area contributed by atoms with E-state index < -0.39 is 17.7 Å². The number of rotatable bonds is 7. The van der Waals surface area contributed by atoms with Gasteiger partial charge in [0.25, 0.3) is 11.7 Å². The van der Waals surface area contributed by atoms with Gasteiger partial charge in [-0.3, -0.25) is 9.59 Å². The highest BCUT2D eigenvalue weighted by Gasteiger charge is 2.45. The van der Waals surface area contributed by atoms with Crippen molar-refractivity contribution in [3.8, 4) is 5.75 Å². The normalized spacial score (nSPS) is 18.3. The minimum Gasteiger partial charge on any atom is -0.507 e. The van der Waals surface area contributed by atoms with Gasteiger partial charge < -0.3 is 19.6 Å². The number of carbonyl (C=O) groups excluding carboxylic acids is 2. The second kappa shape index (κ2) is 9.66. The third kappa shape index (κ3) is 5.17. The number of halogens is 1. The number of hydrogen-bond donors (Lipinski definition) is 1. The van der Waals surface area contributed by atoms with Gasteiger partial charge in [-0.15, -0.1) is 0 Å². The number of aliphatic hydroxyl groups is 1. The molecule has 1 saturated heterocycles. The number of carbonyl (C=O) groups is 2. The fourth-order valence-electron chi connectivity index (χ4n) is 3.53. The van der Waals surface area contributed by atoms with Crippen molar-refractivity contribution in [1.29, 1.82) is 0 Å². The number of likely N-dealkylation sites (N-methyl/N-ethyl adjacent to an activating group) is 1. The summed E-state index contributed by atoms with van der Waals surface area (Å²) in [4.78, 5) is 29.4. The first-order valence-electron chi connectivity index (χ1n) is 10.1. The molecule has 1 N–H and O–H groups in total. The van der Waals surface area contributed by atoms with Crippen molar-refractivity contribution >= 4 is 33.4 Å². The van der Waals surface area contributed by atoms with Gasteiger partial charge in [-0.05, 0) is 57.8 Å². The maximum Gasteiger partial charge on any atom is 0.295 e. The summed E-state index contributed by atoms with van der Waals surface area (Å²) in [6.45, 7) is 4.85. The topological polar surface area (TPSA) is 70.1 Å². The summed E-state index contributed by atoms with van der Waals surface area (Å²) in [6, 6.07) is 13.6. The van der Waals surface area contributed by atoms with Crippen LogP contribution in [-0.2, 0) is 9.59 Å². The summed E-state index contributed by atoms with van der Waals surface area (Å²) in [6.07, 6.45) is 0.0361. The molecule has 164 valence electrons. The van der Waals surface area contributed by atoms with Gasteiger partial charge in [0.05, 0.1) is 17.7 Å². The molecule has 1 amide bonds. The Morgan fingerprint density at radius 3 is 2.26 bits per heavy atom. The second-order valence-electron chi connectivity index (χ2n) is 8.04. The van der Waals surface area contributed by atoms with Crippen LogP contribution in [0.25, 0.3) is 5.76 Å². The Morgan fingerprint density at radius 1 is 1.10 bits per heavy atom. The lowest BCUT2D eigenvalue weighted by Gasteiger charge is -2.26. The predicted octanol–water partition coefficient (Wildman–Crippen LogP) is 4.22. The maximum absolute atomic E-state index is 13.0. The van der Waals surface area contributed by atoms with E-state index in [0.29, 0.717) is 24.4 Å². The van der Waals surface area contributed by atoms with Crippen LogP contribution in [0.15, 0.2) is 58.6 Å². The largest absolute Gasteiger partial charge is 0.507 e. The first kappa shape index (κ1) is 23.0. The molecule has 2 aromatic carbocycles. The fraction of sp³-hybridized carbons (Fsp3) is 0.333. The number of amides is 1. The van der Waals surface area contributed by atoms with E-state index in [4.69, 9.17) is 4.74 Å². The molecule has 1 aliphatic rings. The van der Waals surface area contributed by atoms with Gasteiger partial charge in [0.2, 0.25) is 0 Å². The molecule has 1 atom stereocenters. The van der Waals surface area contributed by atoms with Gasteiger partial charge in [-0.2, -0.15) is 0 Å². The molecule has 7 heteroatoms. The fourth-order valence-corrected chi connectivity index (χ4v) is 3.79. The van der Waals surface area contributed by atoms with Crippen molar-refractivity contribution in [2.75, 3.05) is 27.2 Å². The Balaban J connectivity index is 2.08. The minimum absolute atomic E-state index is 0.0361. The van der Waals surface area contributed by atoms with Crippen LogP contribution in [0.1, 0.15) is 31.0 Å². The molecule has 1 heterocycles. The average Bonchev–Trinajstić information content (AvgIpc) is 2.97. The first-order valence-corrected chi connectivity index (χ1v) is 10.9. The highest BCUT2D eigenvalue weighted by Crippen LogP contribution is 2.39. The van der Waals surface area contributed by atoms with Crippen molar-refractivity contribution < 1.29 is 19.4 Å². The molecule has 1 unspecified atom stereocenters. The maximum atomic E-state index is 13.0. The molecule has 31 heavy (non-hydrogen) atoms. The Hall–Kier alpha value is -2.64. The highest BCUT2D eigenvalue weighted by molar-refractivity contribution is 9.10. The van der Waals surface area contributed by atoms with Crippen LogP contribution < -0.4 is 4.74 Å². The zero-order chi connectivity index (χ0) is 22.7. The van der Waals surface area contributed by atoms with E-state index in [-0.39, 0.29) is 17.4 Å². The summed E-state index contributed by atoms with van der Waals surface area (Å²) >= 11 is 3.37. The molecule has 1 fully saturated rings. The minimum atomic E-state index is -0.674. The molecule has 0 radical (unpaired) electrons. The van der Waals surface area contributed by atoms with E-state index in [2.05, 4.69) is 15.9 Å². The lowest BCUT2D eigenvalue weighted by atomic mass is 9.95. The van der Waals surface area contributed by atoms with Gasteiger partial charge in [0.1, 0.15) is 11.5 Å². The van der Waals surface area contributed by atoms with Crippen molar-refractivity contribution in [2.24, 2.45) is 0 Å². The molecular weight excluding hydrogens is 460 g/mol. The van der Waals surface area contributed by atoms with Gasteiger partial charge in [0, 0.05) is 23.1 Å². The van der Waals surface area contributed by atoms with Gasteiger partial charge in [0.15, 0.2) is 0 Å². The van der Waals surface area contributed by atoms with Crippen LogP contribution in [0, 0.1) is 0 Å². The first-order chi connectivity index (χ1) is 14.7. The average molecular weight is 487 g/mol. The molecular formula is C24H27BrN2O4. The lowest BCUT2D eigenvalue weighted by molar-refractivity contribution is -0.140. The van der Waals surface area contributed by atoms with Crippen LogP contribution in [0.5, 0.6) is 5.75 Å². The van der Waals surface area contributed by atoms with Gasteiger partial charge >= 0.3 is 0 Å². The van der Waals surface area contributed by atoms with Crippen molar-refractivity contribution in [3.63, 3.8) is 0 Å². The molecule has 2 aromatic rings. The van der Waals surface area contributed by atoms with Crippen LogP contribution in [0.2, 0.25) is 0 Å². The van der Waals surface area contributed by atoms with Crippen molar-refractivity contribution in [1.82, 2.24) is 9.80 Å². The number of ether oxygens (including phenoxy) is 1. The Bertz CT molecular complexity index is 982. The van der Waals surface area contributed by atoms with Crippen LogP contribution in [0.3, 0.4) is 0 Å². The Morgan fingerprint density at radius 2 is 1.71 bits per heavy atom. The van der Waals surface area contributed by atoms with Crippen LogP contribution >= 0.6 is 15.9 Å². The van der Waals surface area contributed by atoms with E-state index in [0.717, 1.165) is 10.0 Å². The lowest BCUT2D eigenvalue weighted by Crippen LogP contribution is -2.35. The summed E-state index contributed by atoms with van der Waals surface area (Å²) < 4.78 is 6.57. The standard InChI is InChI=1S/C24H27BrN2O4/c1-15(2)31-19-11-7-16(8-12-19)21-20(22(28)17-5-9-18(25)10-6-17)23(29)24(30)27(21)14-13-26(3)4/h5-12,15,21,28H,13-14H2,1-4H3. The summed E-state index contributed by atoms with van der Waals surface area (Å²) in [5.41, 5.74) is 1.33. The third-order valence-corrected chi connectivity index (χ3v) is 5.54. The van der Waals surface area contributed by atoms with E-state index in [1.807, 2.05) is 57.1 Å². The molecule has 0 saturated carbocycles. The number of Topliss-reactive ketones (excluding diaryl/α,β-unsaturated/α-hetero) is 1. The summed E-state index contributed by atoms with van der Waals surface area (Å²) in [5.74, 6) is -0.748. The highest BCUT2D eigenvalue weighted by atomic mass is 79.9. The molecule has 0 spiro atoms. The summed E-state index contributed by atoms with van der Waals surface area (Å²) in [5, 5.41) is 11.0. The van der Waals surface area contributed by atoms with Gasteiger partial charge in [-0.25, -0.2) is 0 Å². The molecule has 0 aromatic heterocycles. The van der Waals surface area contributed by atoms with Crippen LogP contribution in [0.4, 0.5) is 0 Å². The quantitative estimate of drug-likeness (QED) is 0.360. The molecule has 1 aliphatic heterocycles.